The third-order valence-electron chi connectivity index (χ3n) is 4.08. The third-order valence-corrected chi connectivity index (χ3v) is 4.08. The number of hydrogen-bond donors (Lipinski definition) is 1. The van der Waals surface area contributed by atoms with Gasteiger partial charge in [0.05, 0.1) is 17.6 Å². The maximum absolute atomic E-state index is 11.2. The van der Waals surface area contributed by atoms with Crippen LogP contribution in [0.3, 0.4) is 0 Å². The van der Waals surface area contributed by atoms with Crippen molar-refractivity contribution in [3.8, 4) is 0 Å². The van der Waals surface area contributed by atoms with Gasteiger partial charge in [-0.1, -0.05) is 6.92 Å². The first kappa shape index (κ1) is 17.0. The van der Waals surface area contributed by atoms with Crippen LogP contribution < -0.4 is 4.90 Å². The number of methoxy groups -OCH3 is 1. The highest BCUT2D eigenvalue weighted by Gasteiger charge is 2.30. The van der Waals surface area contributed by atoms with Gasteiger partial charge in [0.15, 0.2) is 0 Å². The molecule has 2 rings (SSSR count). The molecule has 8 heteroatoms. The molecule has 1 N–H and O–H groups in total. The number of amides is 1. The number of benzene rings is 1. The molecule has 1 heterocycles. The van der Waals surface area contributed by atoms with Crippen LogP contribution in [0.4, 0.5) is 16.2 Å². The summed E-state index contributed by atoms with van der Waals surface area (Å²) < 4.78 is 5.21. The molecular weight excluding hydrogens is 302 g/mol. The Balaban J connectivity index is 2.28. The Morgan fingerprint density at radius 2 is 2.22 bits per heavy atom. The largest absolute Gasteiger partial charge is 0.465 e. The van der Waals surface area contributed by atoms with Crippen molar-refractivity contribution in [2.45, 2.75) is 19.4 Å². The standard InChI is InChI=1S/C15H21N3O5/c1-3-11-8-12(4-5-14(11)18(21)22)17-7-6-16(15(19)20)9-13(17)10-23-2/h4-5,8,13H,3,6-7,9-10H2,1-2H3,(H,19,20)/t13-/m1/s1. The SMILES string of the molecule is CCc1cc(N2CCN(C(=O)O)C[C@@H]2COC)ccc1[N+](=O)[O-]. The van der Waals surface area contributed by atoms with Crippen LogP contribution in [-0.2, 0) is 11.2 Å². The topological polar surface area (TPSA) is 96.2 Å². The van der Waals surface area contributed by atoms with Gasteiger partial charge in [0, 0.05) is 44.1 Å². The summed E-state index contributed by atoms with van der Waals surface area (Å²) in [6.07, 6.45) is -0.377. The molecule has 1 amide bonds. The van der Waals surface area contributed by atoms with Gasteiger partial charge in [0.2, 0.25) is 0 Å². The molecule has 8 nitrogen and oxygen atoms in total. The fourth-order valence-corrected chi connectivity index (χ4v) is 2.92. The van der Waals surface area contributed by atoms with E-state index < -0.39 is 6.09 Å². The molecule has 0 unspecified atom stereocenters. The average Bonchev–Trinajstić information content (AvgIpc) is 2.54. The molecule has 1 aliphatic heterocycles. The maximum atomic E-state index is 11.2. The van der Waals surface area contributed by atoms with E-state index in [0.717, 1.165) is 5.69 Å². The number of nitro groups is 1. The Bertz CT molecular complexity index is 592. The minimum Gasteiger partial charge on any atom is -0.465 e. The zero-order chi connectivity index (χ0) is 17.0. The van der Waals surface area contributed by atoms with E-state index in [9.17, 15) is 14.9 Å². The normalized spacial score (nSPS) is 18.1. The average molecular weight is 323 g/mol. The van der Waals surface area contributed by atoms with Crippen LogP contribution in [0.25, 0.3) is 0 Å². The third kappa shape index (κ3) is 3.70. The molecule has 1 fully saturated rings. The van der Waals surface area contributed by atoms with Crippen molar-refractivity contribution >= 4 is 17.5 Å². The van der Waals surface area contributed by atoms with Crippen molar-refractivity contribution in [3.05, 3.63) is 33.9 Å². The number of nitro benzene ring substituents is 1. The lowest BCUT2D eigenvalue weighted by Gasteiger charge is -2.41. The molecule has 0 saturated carbocycles. The zero-order valence-electron chi connectivity index (χ0n) is 13.3. The molecule has 1 aromatic carbocycles. The minimum atomic E-state index is -0.941. The Morgan fingerprint density at radius 1 is 1.48 bits per heavy atom. The predicted octanol–water partition coefficient (Wildman–Crippen LogP) is 1.97. The van der Waals surface area contributed by atoms with E-state index in [2.05, 4.69) is 4.90 Å². The number of piperazine rings is 1. The summed E-state index contributed by atoms with van der Waals surface area (Å²) in [6.45, 7) is 3.54. The second-order valence-corrected chi connectivity index (χ2v) is 5.45. The maximum Gasteiger partial charge on any atom is 0.407 e. The summed E-state index contributed by atoms with van der Waals surface area (Å²) in [4.78, 5) is 25.3. The van der Waals surface area contributed by atoms with Gasteiger partial charge in [0.1, 0.15) is 0 Å². The van der Waals surface area contributed by atoms with Crippen LogP contribution in [0, 0.1) is 10.1 Å². The first-order valence-corrected chi connectivity index (χ1v) is 7.48. The summed E-state index contributed by atoms with van der Waals surface area (Å²) in [7, 11) is 1.57. The highest BCUT2D eigenvalue weighted by molar-refractivity contribution is 5.66. The molecule has 0 spiro atoms. The molecule has 126 valence electrons. The van der Waals surface area contributed by atoms with Gasteiger partial charge >= 0.3 is 6.09 Å². The molecule has 23 heavy (non-hydrogen) atoms. The van der Waals surface area contributed by atoms with Crippen molar-refractivity contribution in [1.82, 2.24) is 4.90 Å². The van der Waals surface area contributed by atoms with E-state index in [0.29, 0.717) is 38.2 Å². The molecule has 1 aromatic rings. The van der Waals surface area contributed by atoms with Crippen LogP contribution in [0.1, 0.15) is 12.5 Å². The molecule has 0 bridgehead atoms. The Hall–Kier alpha value is -2.35. The van der Waals surface area contributed by atoms with Gasteiger partial charge in [0.25, 0.3) is 5.69 Å². The second kappa shape index (κ2) is 7.28. The summed E-state index contributed by atoms with van der Waals surface area (Å²) in [5.74, 6) is 0. The summed E-state index contributed by atoms with van der Waals surface area (Å²) in [5.41, 5.74) is 1.65. The second-order valence-electron chi connectivity index (χ2n) is 5.45. The number of hydrogen-bond acceptors (Lipinski definition) is 5. The number of rotatable bonds is 5. The first-order chi connectivity index (χ1) is 11.0. The molecule has 0 aliphatic carbocycles. The van der Waals surface area contributed by atoms with Crippen LogP contribution >= 0.6 is 0 Å². The first-order valence-electron chi connectivity index (χ1n) is 7.48. The van der Waals surface area contributed by atoms with Gasteiger partial charge in [-0.15, -0.1) is 0 Å². The molecule has 0 radical (unpaired) electrons. The van der Waals surface area contributed by atoms with Crippen LogP contribution in [0.15, 0.2) is 18.2 Å². The van der Waals surface area contributed by atoms with Crippen LogP contribution in [0.5, 0.6) is 0 Å². The Kier molecular flexibility index (Phi) is 5.38. The fraction of sp³-hybridized carbons (Fsp3) is 0.533. The molecule has 1 aliphatic rings. The zero-order valence-corrected chi connectivity index (χ0v) is 13.3. The van der Waals surface area contributed by atoms with Crippen molar-refractivity contribution in [2.75, 3.05) is 38.3 Å². The van der Waals surface area contributed by atoms with Crippen molar-refractivity contribution in [2.24, 2.45) is 0 Å². The van der Waals surface area contributed by atoms with Crippen molar-refractivity contribution < 1.29 is 19.6 Å². The number of nitrogens with zero attached hydrogens (tertiary/aromatic N) is 3. The lowest BCUT2D eigenvalue weighted by Crippen LogP contribution is -2.56. The summed E-state index contributed by atoms with van der Waals surface area (Å²) in [6, 6.07) is 4.94. The Labute approximate surface area is 134 Å². The monoisotopic (exact) mass is 323 g/mol. The molecule has 1 atom stereocenters. The Morgan fingerprint density at radius 3 is 2.78 bits per heavy atom. The minimum absolute atomic E-state index is 0.115. The highest BCUT2D eigenvalue weighted by Crippen LogP contribution is 2.28. The van der Waals surface area contributed by atoms with Crippen molar-refractivity contribution in [1.29, 1.82) is 0 Å². The highest BCUT2D eigenvalue weighted by atomic mass is 16.6. The van der Waals surface area contributed by atoms with Gasteiger partial charge in [-0.25, -0.2) is 4.79 Å². The summed E-state index contributed by atoms with van der Waals surface area (Å²) >= 11 is 0. The van der Waals surface area contributed by atoms with Gasteiger partial charge in [-0.05, 0) is 18.6 Å². The van der Waals surface area contributed by atoms with Gasteiger partial charge < -0.3 is 19.6 Å². The molecule has 0 aromatic heterocycles. The van der Waals surface area contributed by atoms with E-state index in [1.54, 1.807) is 13.2 Å². The smallest absolute Gasteiger partial charge is 0.407 e. The van der Waals surface area contributed by atoms with Crippen LogP contribution in [-0.4, -0.2) is 60.4 Å². The fourth-order valence-electron chi connectivity index (χ4n) is 2.92. The quantitative estimate of drug-likeness (QED) is 0.657. The van der Waals surface area contributed by atoms with Gasteiger partial charge in [-0.3, -0.25) is 10.1 Å². The van der Waals surface area contributed by atoms with Gasteiger partial charge in [-0.2, -0.15) is 0 Å². The van der Waals surface area contributed by atoms with Crippen molar-refractivity contribution in [3.63, 3.8) is 0 Å². The molecule has 1 saturated heterocycles. The molecular formula is C15H21N3O5. The summed E-state index contributed by atoms with van der Waals surface area (Å²) in [5, 5.41) is 20.2. The van der Waals surface area contributed by atoms with E-state index in [4.69, 9.17) is 9.84 Å². The van der Waals surface area contributed by atoms with E-state index in [-0.39, 0.29) is 16.7 Å². The number of carbonyl (C=O) groups is 1. The van der Waals surface area contributed by atoms with E-state index in [1.807, 2.05) is 13.0 Å². The number of aryl methyl sites for hydroxylation is 1. The number of carboxylic acid groups (broad SMARTS) is 1. The number of anilines is 1. The van der Waals surface area contributed by atoms with E-state index >= 15 is 0 Å². The lowest BCUT2D eigenvalue weighted by molar-refractivity contribution is -0.385. The predicted molar refractivity (Wildman–Crippen MR) is 85.1 cm³/mol. The lowest BCUT2D eigenvalue weighted by atomic mass is 10.1. The van der Waals surface area contributed by atoms with E-state index in [1.165, 1.54) is 11.0 Å². The van der Waals surface area contributed by atoms with Crippen LogP contribution in [0.2, 0.25) is 0 Å². The number of ether oxygens (including phenoxy) is 1.